The number of hydrogen-bond donors (Lipinski definition) is 1. The highest BCUT2D eigenvalue weighted by Gasteiger charge is 2.17. The van der Waals surface area contributed by atoms with Gasteiger partial charge in [0.05, 0.1) is 16.8 Å². The molecule has 0 aromatic heterocycles. The molecular weight excluding hydrogens is 348 g/mol. The molecule has 0 atom stereocenters. The zero-order valence-electron chi connectivity index (χ0n) is 13.9. The van der Waals surface area contributed by atoms with Crippen LogP contribution >= 0.6 is 0 Å². The smallest absolute Gasteiger partial charge is 0.262 e. The van der Waals surface area contributed by atoms with Crippen molar-refractivity contribution in [3.8, 4) is 0 Å². The molecule has 0 aliphatic heterocycles. The van der Waals surface area contributed by atoms with E-state index in [1.54, 1.807) is 37.3 Å². The Kier molecular flexibility index (Phi) is 4.91. The molecule has 0 aliphatic rings. The molecule has 0 saturated carbocycles. The van der Waals surface area contributed by atoms with Crippen molar-refractivity contribution in [3.05, 3.63) is 53.6 Å². The Labute approximate surface area is 143 Å². The van der Waals surface area contributed by atoms with Gasteiger partial charge in [0.2, 0.25) is 10.0 Å². The van der Waals surface area contributed by atoms with Gasteiger partial charge >= 0.3 is 0 Å². The van der Waals surface area contributed by atoms with E-state index in [1.807, 2.05) is 6.92 Å². The van der Waals surface area contributed by atoms with Crippen molar-refractivity contribution < 1.29 is 16.8 Å². The van der Waals surface area contributed by atoms with Crippen LogP contribution in [0.2, 0.25) is 0 Å². The van der Waals surface area contributed by atoms with E-state index < -0.39 is 20.0 Å². The van der Waals surface area contributed by atoms with E-state index in [1.165, 1.54) is 19.2 Å². The summed E-state index contributed by atoms with van der Waals surface area (Å²) in [6.07, 6.45) is 1.10. The van der Waals surface area contributed by atoms with Crippen molar-refractivity contribution in [1.29, 1.82) is 0 Å². The first-order valence-electron chi connectivity index (χ1n) is 7.15. The van der Waals surface area contributed by atoms with E-state index in [4.69, 9.17) is 0 Å². The van der Waals surface area contributed by atoms with Crippen molar-refractivity contribution in [2.24, 2.45) is 0 Å². The Morgan fingerprint density at radius 3 is 2.00 bits per heavy atom. The summed E-state index contributed by atoms with van der Waals surface area (Å²) in [6.45, 7) is 3.64. The van der Waals surface area contributed by atoms with Crippen molar-refractivity contribution >= 4 is 31.4 Å². The minimum absolute atomic E-state index is 0.213. The lowest BCUT2D eigenvalue weighted by atomic mass is 10.2. The Hall–Kier alpha value is -2.06. The largest absolute Gasteiger partial charge is 0.280 e. The molecule has 0 saturated heterocycles. The maximum Gasteiger partial charge on any atom is 0.262 e. The van der Waals surface area contributed by atoms with Gasteiger partial charge in [-0.15, -0.1) is 0 Å². The Bertz CT molecular complexity index is 950. The van der Waals surface area contributed by atoms with Gasteiger partial charge in [-0.05, 0) is 49.7 Å². The van der Waals surface area contributed by atoms with Crippen LogP contribution in [0.5, 0.6) is 0 Å². The first-order valence-corrected chi connectivity index (χ1v) is 10.5. The highest BCUT2D eigenvalue weighted by atomic mass is 32.2. The second-order valence-corrected chi connectivity index (χ2v) is 9.32. The molecular formula is C16H20N2O4S2. The number of nitrogens with zero attached hydrogens (tertiary/aromatic N) is 1. The molecule has 24 heavy (non-hydrogen) atoms. The van der Waals surface area contributed by atoms with Crippen molar-refractivity contribution in [1.82, 2.24) is 0 Å². The molecule has 8 heteroatoms. The van der Waals surface area contributed by atoms with Crippen LogP contribution in [-0.2, 0) is 20.0 Å². The van der Waals surface area contributed by atoms with E-state index in [0.29, 0.717) is 16.9 Å². The summed E-state index contributed by atoms with van der Waals surface area (Å²) in [6, 6.07) is 11.3. The summed E-state index contributed by atoms with van der Waals surface area (Å²) in [5.74, 6) is 0. The van der Waals surface area contributed by atoms with E-state index in [0.717, 1.165) is 16.1 Å². The topological polar surface area (TPSA) is 83.6 Å². The Morgan fingerprint density at radius 1 is 0.917 bits per heavy atom. The third-order valence-electron chi connectivity index (χ3n) is 3.60. The molecule has 0 fully saturated rings. The van der Waals surface area contributed by atoms with Crippen LogP contribution in [0.3, 0.4) is 0 Å². The third kappa shape index (κ3) is 4.07. The highest BCUT2D eigenvalue weighted by Crippen LogP contribution is 2.23. The fourth-order valence-corrected chi connectivity index (χ4v) is 4.03. The molecule has 0 amide bonds. The van der Waals surface area contributed by atoms with Gasteiger partial charge < -0.3 is 0 Å². The molecule has 0 bridgehead atoms. The number of rotatable bonds is 5. The fourth-order valence-electron chi connectivity index (χ4n) is 2.24. The van der Waals surface area contributed by atoms with Crippen LogP contribution < -0.4 is 9.03 Å². The lowest BCUT2D eigenvalue weighted by Crippen LogP contribution is -2.24. The molecule has 2 rings (SSSR count). The standard InChI is InChI=1S/C16H20N2O4S2/c1-12-5-10-16(13(2)11-12)24(21,22)17-14-6-8-15(9-7-14)18(3)23(4,19)20/h5-11,17H,1-4H3. The Morgan fingerprint density at radius 2 is 1.50 bits per heavy atom. The van der Waals surface area contributed by atoms with Crippen LogP contribution in [-0.4, -0.2) is 30.1 Å². The SMILES string of the molecule is Cc1ccc(S(=O)(=O)Nc2ccc(N(C)S(C)(=O)=O)cc2)c(C)c1. The first kappa shape index (κ1) is 18.3. The zero-order chi connectivity index (χ0) is 18.1. The molecule has 6 nitrogen and oxygen atoms in total. The Balaban J connectivity index is 2.28. The van der Waals surface area contributed by atoms with Crippen LogP contribution in [0, 0.1) is 13.8 Å². The quantitative estimate of drug-likeness (QED) is 0.879. The monoisotopic (exact) mass is 368 g/mol. The maximum absolute atomic E-state index is 12.5. The normalized spacial score (nSPS) is 12.0. The van der Waals surface area contributed by atoms with E-state index in [2.05, 4.69) is 4.72 Å². The molecule has 1 N–H and O–H groups in total. The minimum Gasteiger partial charge on any atom is -0.280 e. The van der Waals surface area contributed by atoms with Gasteiger partial charge in [0.25, 0.3) is 10.0 Å². The van der Waals surface area contributed by atoms with E-state index in [9.17, 15) is 16.8 Å². The molecule has 2 aromatic rings. The van der Waals surface area contributed by atoms with Crippen LogP contribution in [0.1, 0.15) is 11.1 Å². The van der Waals surface area contributed by atoms with Gasteiger partial charge in [-0.1, -0.05) is 17.7 Å². The van der Waals surface area contributed by atoms with Gasteiger partial charge in [-0.3, -0.25) is 9.03 Å². The highest BCUT2D eigenvalue weighted by molar-refractivity contribution is 7.92. The summed E-state index contributed by atoms with van der Waals surface area (Å²) in [5, 5.41) is 0. The zero-order valence-corrected chi connectivity index (χ0v) is 15.6. The minimum atomic E-state index is -3.70. The van der Waals surface area contributed by atoms with E-state index in [-0.39, 0.29) is 4.90 Å². The molecule has 0 spiro atoms. The molecule has 2 aromatic carbocycles. The molecule has 0 unspecified atom stereocenters. The number of aryl methyl sites for hydroxylation is 2. The fraction of sp³-hybridized carbons (Fsp3) is 0.250. The number of benzene rings is 2. The van der Waals surface area contributed by atoms with Crippen molar-refractivity contribution in [2.45, 2.75) is 18.7 Å². The summed E-state index contributed by atoms with van der Waals surface area (Å²) < 4.78 is 51.6. The van der Waals surface area contributed by atoms with Gasteiger partial charge in [-0.25, -0.2) is 16.8 Å². The second kappa shape index (κ2) is 6.45. The predicted octanol–water partition coefficient (Wildman–Crippen LogP) is 2.50. The number of sulfonamides is 2. The summed E-state index contributed by atoms with van der Waals surface area (Å²) in [4.78, 5) is 0.213. The second-order valence-electron chi connectivity index (χ2n) is 5.65. The first-order chi connectivity index (χ1) is 11.0. The molecule has 0 aliphatic carbocycles. The van der Waals surface area contributed by atoms with Crippen molar-refractivity contribution in [3.63, 3.8) is 0 Å². The number of anilines is 2. The third-order valence-corrected chi connectivity index (χ3v) is 6.35. The predicted molar refractivity (Wildman–Crippen MR) is 96.4 cm³/mol. The summed E-state index contributed by atoms with van der Waals surface area (Å²) in [5.41, 5.74) is 2.46. The van der Waals surface area contributed by atoms with Crippen molar-refractivity contribution in [2.75, 3.05) is 22.3 Å². The maximum atomic E-state index is 12.5. The van der Waals surface area contributed by atoms with Gasteiger partial charge in [0, 0.05) is 12.7 Å². The van der Waals surface area contributed by atoms with Gasteiger partial charge in [0.1, 0.15) is 0 Å². The average molecular weight is 368 g/mol. The molecule has 130 valence electrons. The van der Waals surface area contributed by atoms with Crippen LogP contribution in [0.4, 0.5) is 11.4 Å². The summed E-state index contributed by atoms with van der Waals surface area (Å²) in [7, 11) is -5.63. The van der Waals surface area contributed by atoms with Crippen LogP contribution in [0.25, 0.3) is 0 Å². The van der Waals surface area contributed by atoms with E-state index >= 15 is 0 Å². The summed E-state index contributed by atoms with van der Waals surface area (Å²) >= 11 is 0. The molecule has 0 radical (unpaired) electrons. The number of nitrogens with one attached hydrogen (secondary N) is 1. The number of hydrogen-bond acceptors (Lipinski definition) is 4. The van der Waals surface area contributed by atoms with Gasteiger partial charge in [-0.2, -0.15) is 0 Å². The van der Waals surface area contributed by atoms with Crippen LogP contribution in [0.15, 0.2) is 47.4 Å². The lowest BCUT2D eigenvalue weighted by Gasteiger charge is -2.17. The lowest BCUT2D eigenvalue weighted by molar-refractivity contribution is 0.598. The average Bonchev–Trinajstić information content (AvgIpc) is 2.45. The van der Waals surface area contributed by atoms with Gasteiger partial charge in [0.15, 0.2) is 0 Å². The molecule has 0 heterocycles.